The number of carboxylic acids is 1. The molecule has 4 nitrogen and oxygen atoms in total. The van der Waals surface area contributed by atoms with E-state index in [1.165, 1.54) is 0 Å². The summed E-state index contributed by atoms with van der Waals surface area (Å²) in [6.07, 6.45) is 1.45. The number of para-hydroxylation sites is 2. The van der Waals surface area contributed by atoms with Gasteiger partial charge in [-0.1, -0.05) is 26.0 Å². The van der Waals surface area contributed by atoms with Gasteiger partial charge in [0.05, 0.1) is 11.4 Å². The Bertz CT molecular complexity index is 379. The number of rotatable bonds is 6. The largest absolute Gasteiger partial charge is 0.480 e. The summed E-state index contributed by atoms with van der Waals surface area (Å²) in [5, 5.41) is 9.24. The number of anilines is 2. The zero-order chi connectivity index (χ0) is 12.8. The average Bonchev–Trinajstić information content (AvgIpc) is 2.29. The van der Waals surface area contributed by atoms with Gasteiger partial charge in [-0.3, -0.25) is 0 Å². The van der Waals surface area contributed by atoms with Crippen LogP contribution in [0.15, 0.2) is 24.3 Å². The lowest BCUT2D eigenvalue weighted by atomic mass is 10.1. The molecule has 0 heterocycles. The van der Waals surface area contributed by atoms with Crippen LogP contribution in [-0.4, -0.2) is 23.7 Å². The molecule has 0 radical (unpaired) electrons. The Labute approximate surface area is 102 Å². The fourth-order valence-corrected chi connectivity index (χ4v) is 1.96. The molecule has 1 rings (SSSR count). The standard InChI is InChI=1S/C13H20N2O2/c1-3-9-15(11(4-2)13(16)17)12-8-6-5-7-10(12)14/h5-8,11H,3-4,9,14H2,1-2H3,(H,16,17). The first-order valence-electron chi connectivity index (χ1n) is 5.95. The van der Waals surface area contributed by atoms with Gasteiger partial charge in [-0.05, 0) is 25.0 Å². The molecule has 0 bridgehead atoms. The van der Waals surface area contributed by atoms with Gasteiger partial charge < -0.3 is 15.7 Å². The molecule has 17 heavy (non-hydrogen) atoms. The van der Waals surface area contributed by atoms with Gasteiger partial charge >= 0.3 is 5.97 Å². The van der Waals surface area contributed by atoms with Crippen molar-refractivity contribution in [1.82, 2.24) is 0 Å². The molecule has 1 aromatic rings. The molecule has 4 heteroatoms. The Balaban J connectivity index is 3.08. The number of nitrogen functional groups attached to an aromatic ring is 1. The maximum atomic E-state index is 11.2. The molecule has 0 aliphatic heterocycles. The van der Waals surface area contributed by atoms with Crippen molar-refractivity contribution in [3.63, 3.8) is 0 Å². The van der Waals surface area contributed by atoms with Crippen LogP contribution >= 0.6 is 0 Å². The molecule has 94 valence electrons. The highest BCUT2D eigenvalue weighted by atomic mass is 16.4. The Kier molecular flexibility index (Phi) is 4.82. The monoisotopic (exact) mass is 236 g/mol. The number of carboxylic acid groups (broad SMARTS) is 1. The lowest BCUT2D eigenvalue weighted by Gasteiger charge is -2.31. The molecule has 0 aliphatic rings. The van der Waals surface area contributed by atoms with Crippen molar-refractivity contribution < 1.29 is 9.90 Å². The van der Waals surface area contributed by atoms with Crippen molar-refractivity contribution >= 4 is 17.3 Å². The topological polar surface area (TPSA) is 66.6 Å². The minimum absolute atomic E-state index is 0.514. The maximum absolute atomic E-state index is 11.2. The lowest BCUT2D eigenvalue weighted by Crippen LogP contribution is -2.41. The van der Waals surface area contributed by atoms with Crippen LogP contribution in [0.1, 0.15) is 26.7 Å². The van der Waals surface area contributed by atoms with Gasteiger partial charge in [0.1, 0.15) is 6.04 Å². The quantitative estimate of drug-likeness (QED) is 0.744. The van der Waals surface area contributed by atoms with E-state index in [1.807, 2.05) is 36.9 Å². The van der Waals surface area contributed by atoms with Crippen LogP contribution in [0.4, 0.5) is 11.4 Å². The molecule has 3 N–H and O–H groups in total. The smallest absolute Gasteiger partial charge is 0.326 e. The molecule has 0 amide bonds. The van der Waals surface area contributed by atoms with E-state index >= 15 is 0 Å². The van der Waals surface area contributed by atoms with Crippen LogP contribution in [0.2, 0.25) is 0 Å². The molecule has 0 aliphatic carbocycles. The van der Waals surface area contributed by atoms with Gasteiger partial charge in [-0.25, -0.2) is 4.79 Å². The molecular formula is C13H20N2O2. The summed E-state index contributed by atoms with van der Waals surface area (Å²) in [6, 6.07) is 6.89. The van der Waals surface area contributed by atoms with E-state index < -0.39 is 12.0 Å². The normalized spacial score (nSPS) is 12.1. The third kappa shape index (κ3) is 3.12. The van der Waals surface area contributed by atoms with Crippen LogP contribution in [0.25, 0.3) is 0 Å². The number of benzene rings is 1. The number of nitrogens with two attached hydrogens (primary N) is 1. The summed E-state index contributed by atoms with van der Waals surface area (Å²) < 4.78 is 0. The number of hydrogen-bond acceptors (Lipinski definition) is 3. The van der Waals surface area contributed by atoms with Crippen LogP contribution in [0.3, 0.4) is 0 Å². The first kappa shape index (κ1) is 13.4. The van der Waals surface area contributed by atoms with Gasteiger partial charge in [0.2, 0.25) is 0 Å². The molecule has 0 fully saturated rings. The van der Waals surface area contributed by atoms with E-state index in [2.05, 4.69) is 0 Å². The van der Waals surface area contributed by atoms with Gasteiger partial charge in [-0.15, -0.1) is 0 Å². The summed E-state index contributed by atoms with van der Waals surface area (Å²) in [5.74, 6) is -0.802. The molecule has 0 spiro atoms. The summed E-state index contributed by atoms with van der Waals surface area (Å²) in [7, 11) is 0. The molecule has 0 aromatic heterocycles. The minimum Gasteiger partial charge on any atom is -0.480 e. The molecule has 0 saturated heterocycles. The predicted octanol–water partition coefficient (Wildman–Crippen LogP) is 2.35. The van der Waals surface area contributed by atoms with Crippen molar-refractivity contribution in [2.75, 3.05) is 17.2 Å². The van der Waals surface area contributed by atoms with Crippen molar-refractivity contribution in [2.24, 2.45) is 0 Å². The van der Waals surface area contributed by atoms with Crippen molar-refractivity contribution in [3.05, 3.63) is 24.3 Å². The van der Waals surface area contributed by atoms with Crippen molar-refractivity contribution in [3.8, 4) is 0 Å². The van der Waals surface area contributed by atoms with Crippen LogP contribution < -0.4 is 10.6 Å². The molecular weight excluding hydrogens is 216 g/mol. The van der Waals surface area contributed by atoms with Crippen molar-refractivity contribution in [1.29, 1.82) is 0 Å². The van der Waals surface area contributed by atoms with E-state index in [9.17, 15) is 9.90 Å². The van der Waals surface area contributed by atoms with Crippen molar-refractivity contribution in [2.45, 2.75) is 32.7 Å². The minimum atomic E-state index is -0.802. The number of carbonyl (C=O) groups is 1. The third-order valence-electron chi connectivity index (χ3n) is 2.76. The van der Waals surface area contributed by atoms with Crippen LogP contribution in [0, 0.1) is 0 Å². The summed E-state index contributed by atoms with van der Waals surface area (Å²) >= 11 is 0. The molecule has 1 aromatic carbocycles. The summed E-state index contributed by atoms with van der Waals surface area (Å²) in [5.41, 5.74) is 7.34. The molecule has 0 saturated carbocycles. The average molecular weight is 236 g/mol. The second kappa shape index (κ2) is 6.13. The fraction of sp³-hybridized carbons (Fsp3) is 0.462. The Morgan fingerprint density at radius 3 is 2.53 bits per heavy atom. The summed E-state index contributed by atoms with van der Waals surface area (Å²) in [6.45, 7) is 4.60. The second-order valence-electron chi connectivity index (χ2n) is 4.01. The van der Waals surface area contributed by atoms with E-state index in [0.717, 1.165) is 12.1 Å². The first-order valence-corrected chi connectivity index (χ1v) is 5.95. The highest BCUT2D eigenvalue weighted by Gasteiger charge is 2.24. The van der Waals surface area contributed by atoms with Gasteiger partial charge in [-0.2, -0.15) is 0 Å². The molecule has 1 atom stereocenters. The summed E-state index contributed by atoms with van der Waals surface area (Å²) in [4.78, 5) is 13.1. The Morgan fingerprint density at radius 1 is 1.41 bits per heavy atom. The SMILES string of the molecule is CCCN(c1ccccc1N)C(CC)C(=O)O. The van der Waals surface area contributed by atoms with E-state index in [4.69, 9.17) is 5.73 Å². The Morgan fingerprint density at radius 2 is 2.06 bits per heavy atom. The highest BCUT2D eigenvalue weighted by Crippen LogP contribution is 2.25. The zero-order valence-electron chi connectivity index (χ0n) is 10.4. The Hall–Kier alpha value is -1.71. The van der Waals surface area contributed by atoms with Crippen LogP contribution in [0.5, 0.6) is 0 Å². The van der Waals surface area contributed by atoms with E-state index in [1.54, 1.807) is 6.07 Å². The second-order valence-corrected chi connectivity index (χ2v) is 4.01. The fourth-order valence-electron chi connectivity index (χ4n) is 1.96. The first-order chi connectivity index (χ1) is 8.11. The lowest BCUT2D eigenvalue weighted by molar-refractivity contribution is -0.138. The maximum Gasteiger partial charge on any atom is 0.326 e. The number of nitrogens with zero attached hydrogens (tertiary/aromatic N) is 1. The molecule has 1 unspecified atom stereocenters. The predicted molar refractivity (Wildman–Crippen MR) is 70.2 cm³/mol. The highest BCUT2D eigenvalue weighted by molar-refractivity contribution is 5.80. The third-order valence-corrected chi connectivity index (χ3v) is 2.76. The van der Waals surface area contributed by atoms with Gasteiger partial charge in [0.25, 0.3) is 0 Å². The van der Waals surface area contributed by atoms with Crippen LogP contribution in [-0.2, 0) is 4.79 Å². The van der Waals surface area contributed by atoms with Gasteiger partial charge in [0, 0.05) is 6.54 Å². The number of hydrogen-bond donors (Lipinski definition) is 2. The van der Waals surface area contributed by atoms with E-state index in [0.29, 0.717) is 18.7 Å². The zero-order valence-corrected chi connectivity index (χ0v) is 10.4. The van der Waals surface area contributed by atoms with Gasteiger partial charge in [0.15, 0.2) is 0 Å². The van der Waals surface area contributed by atoms with E-state index in [-0.39, 0.29) is 0 Å². The number of aliphatic carboxylic acids is 1.